The molecule has 0 radical (unpaired) electrons. The maximum absolute atomic E-state index is 14.3. The highest BCUT2D eigenvalue weighted by Crippen LogP contribution is 2.25. The molecule has 0 aliphatic carbocycles. The van der Waals surface area contributed by atoms with E-state index in [1.165, 1.54) is 36.4 Å². The van der Waals surface area contributed by atoms with E-state index in [1.807, 2.05) is 13.8 Å². The molecule has 5 nitrogen and oxygen atoms in total. The number of carbonyl (C=O) groups is 1. The lowest BCUT2D eigenvalue weighted by atomic mass is 10.2. The van der Waals surface area contributed by atoms with Crippen LogP contribution in [0.5, 0.6) is 0 Å². The molecule has 26 heavy (non-hydrogen) atoms. The largest absolute Gasteiger partial charge is 0.352 e. The van der Waals surface area contributed by atoms with Gasteiger partial charge in [-0.3, -0.25) is 9.10 Å². The summed E-state index contributed by atoms with van der Waals surface area (Å²) in [4.78, 5) is 12.4. The molecule has 0 bridgehead atoms. The number of hydrogen-bond acceptors (Lipinski definition) is 3. The van der Waals surface area contributed by atoms with E-state index in [-0.39, 0.29) is 16.6 Å². The van der Waals surface area contributed by atoms with Gasteiger partial charge in [-0.1, -0.05) is 43.7 Å². The molecule has 1 amide bonds. The highest BCUT2D eigenvalue weighted by atomic mass is 32.2. The zero-order chi connectivity index (χ0) is 19.2. The number of hydrogen-bond donors (Lipinski definition) is 1. The quantitative estimate of drug-likeness (QED) is 0.766. The van der Waals surface area contributed by atoms with Crippen molar-refractivity contribution in [2.75, 3.05) is 10.8 Å². The van der Waals surface area contributed by atoms with E-state index in [9.17, 15) is 17.6 Å². The Hall–Kier alpha value is -2.41. The van der Waals surface area contributed by atoms with Crippen molar-refractivity contribution in [2.45, 2.75) is 37.6 Å². The molecule has 0 saturated carbocycles. The van der Waals surface area contributed by atoms with Gasteiger partial charge in [0.2, 0.25) is 5.91 Å². The number of para-hydroxylation sites is 1. The first kappa shape index (κ1) is 19.9. The molecule has 0 aliphatic heterocycles. The Kier molecular flexibility index (Phi) is 6.74. The van der Waals surface area contributed by atoms with Crippen LogP contribution in [0.4, 0.5) is 10.1 Å². The van der Waals surface area contributed by atoms with Gasteiger partial charge in [0.05, 0.1) is 10.6 Å². The highest BCUT2D eigenvalue weighted by molar-refractivity contribution is 7.92. The summed E-state index contributed by atoms with van der Waals surface area (Å²) in [6.07, 6.45) is 1.66. The van der Waals surface area contributed by atoms with Gasteiger partial charge >= 0.3 is 0 Å². The Labute approximate surface area is 153 Å². The fraction of sp³-hybridized carbons (Fsp3) is 0.316. The number of rotatable bonds is 8. The molecule has 0 fully saturated rings. The molecule has 1 N–H and O–H groups in total. The number of nitrogens with zero attached hydrogens (tertiary/aromatic N) is 1. The first-order valence-corrected chi connectivity index (χ1v) is 9.92. The molecule has 0 saturated heterocycles. The van der Waals surface area contributed by atoms with E-state index in [0.717, 1.165) is 17.1 Å². The van der Waals surface area contributed by atoms with Crippen molar-refractivity contribution in [2.24, 2.45) is 0 Å². The highest BCUT2D eigenvalue weighted by Gasteiger charge is 2.29. The fourth-order valence-electron chi connectivity index (χ4n) is 2.63. The Morgan fingerprint density at radius 3 is 2.35 bits per heavy atom. The molecule has 0 spiro atoms. The van der Waals surface area contributed by atoms with Gasteiger partial charge in [0.1, 0.15) is 12.4 Å². The number of carbonyl (C=O) groups excluding carboxylic acids is 1. The second-order valence-electron chi connectivity index (χ2n) is 6.03. The summed E-state index contributed by atoms with van der Waals surface area (Å²) in [5, 5.41) is 2.76. The van der Waals surface area contributed by atoms with E-state index in [4.69, 9.17) is 0 Å². The Balaban J connectivity index is 2.38. The zero-order valence-electron chi connectivity index (χ0n) is 14.9. The summed E-state index contributed by atoms with van der Waals surface area (Å²) in [5.41, 5.74) is -0.158. The Morgan fingerprint density at radius 2 is 1.73 bits per heavy atom. The summed E-state index contributed by atoms with van der Waals surface area (Å²) in [6, 6.07) is 13.1. The standard InChI is InChI=1S/C19H23FN2O3S/c1-3-9-15(2)21-19(23)14-22(18-13-8-7-12-17(18)20)26(24,25)16-10-5-4-6-11-16/h4-8,10-13,15H,3,9,14H2,1-2H3,(H,21,23)/t15-/m1/s1. The van der Waals surface area contributed by atoms with E-state index >= 15 is 0 Å². The third kappa shape index (κ3) is 4.82. The van der Waals surface area contributed by atoms with E-state index in [0.29, 0.717) is 0 Å². The van der Waals surface area contributed by atoms with Crippen LogP contribution in [0.2, 0.25) is 0 Å². The number of anilines is 1. The van der Waals surface area contributed by atoms with Crippen molar-refractivity contribution in [3.8, 4) is 0 Å². The SMILES string of the molecule is CCC[C@@H](C)NC(=O)CN(c1ccccc1F)S(=O)(=O)c1ccccc1. The number of nitrogens with one attached hydrogen (secondary N) is 1. The van der Waals surface area contributed by atoms with Crippen LogP contribution >= 0.6 is 0 Å². The van der Waals surface area contributed by atoms with Crippen molar-refractivity contribution in [3.05, 3.63) is 60.4 Å². The van der Waals surface area contributed by atoms with Gasteiger partial charge in [-0.05, 0) is 37.6 Å². The van der Waals surface area contributed by atoms with Crippen molar-refractivity contribution < 1.29 is 17.6 Å². The first-order valence-electron chi connectivity index (χ1n) is 8.48. The Morgan fingerprint density at radius 1 is 1.12 bits per heavy atom. The Bertz CT molecular complexity index is 841. The average molecular weight is 378 g/mol. The van der Waals surface area contributed by atoms with Crippen molar-refractivity contribution in [3.63, 3.8) is 0 Å². The maximum Gasteiger partial charge on any atom is 0.264 e. The van der Waals surface area contributed by atoms with Gasteiger partial charge in [0.15, 0.2) is 0 Å². The number of halogens is 1. The maximum atomic E-state index is 14.3. The molecule has 7 heteroatoms. The molecular weight excluding hydrogens is 355 g/mol. The lowest BCUT2D eigenvalue weighted by molar-refractivity contribution is -0.120. The number of amides is 1. The van der Waals surface area contributed by atoms with Gasteiger partial charge in [0, 0.05) is 6.04 Å². The lowest BCUT2D eigenvalue weighted by Crippen LogP contribution is -2.43. The second-order valence-corrected chi connectivity index (χ2v) is 7.90. The summed E-state index contributed by atoms with van der Waals surface area (Å²) >= 11 is 0. The van der Waals surface area contributed by atoms with Crippen LogP contribution in [0.15, 0.2) is 59.5 Å². The molecular formula is C19H23FN2O3S. The smallest absolute Gasteiger partial charge is 0.264 e. The summed E-state index contributed by atoms with van der Waals surface area (Å²) < 4.78 is 41.1. The molecule has 0 aromatic heterocycles. The number of benzene rings is 2. The zero-order valence-corrected chi connectivity index (χ0v) is 15.7. The fourth-order valence-corrected chi connectivity index (χ4v) is 4.08. The normalized spacial score (nSPS) is 12.4. The van der Waals surface area contributed by atoms with Gasteiger partial charge in [-0.2, -0.15) is 0 Å². The topological polar surface area (TPSA) is 66.5 Å². The van der Waals surface area contributed by atoms with Crippen LogP contribution in [-0.4, -0.2) is 26.9 Å². The summed E-state index contributed by atoms with van der Waals surface area (Å²) in [5.74, 6) is -1.19. The third-order valence-electron chi connectivity index (χ3n) is 3.87. The predicted octanol–water partition coefficient (Wildman–Crippen LogP) is 3.33. The lowest BCUT2D eigenvalue weighted by Gasteiger charge is -2.25. The molecule has 2 rings (SSSR count). The minimum Gasteiger partial charge on any atom is -0.352 e. The van der Waals surface area contributed by atoms with Gasteiger partial charge < -0.3 is 5.32 Å². The first-order chi connectivity index (χ1) is 12.4. The van der Waals surface area contributed by atoms with Gasteiger partial charge in [0.25, 0.3) is 10.0 Å². The van der Waals surface area contributed by atoms with Crippen LogP contribution in [0.25, 0.3) is 0 Å². The molecule has 2 aromatic carbocycles. The molecule has 0 unspecified atom stereocenters. The summed E-state index contributed by atoms with van der Waals surface area (Å²) in [7, 11) is -4.09. The van der Waals surface area contributed by atoms with Crippen LogP contribution in [0.3, 0.4) is 0 Å². The van der Waals surface area contributed by atoms with Crippen molar-refractivity contribution in [1.82, 2.24) is 5.32 Å². The average Bonchev–Trinajstić information content (AvgIpc) is 2.61. The molecule has 1 atom stereocenters. The van der Waals surface area contributed by atoms with Gasteiger partial charge in [-0.15, -0.1) is 0 Å². The van der Waals surface area contributed by atoms with E-state index in [2.05, 4.69) is 5.32 Å². The second kappa shape index (κ2) is 8.80. The van der Waals surface area contributed by atoms with Gasteiger partial charge in [-0.25, -0.2) is 12.8 Å². The van der Waals surface area contributed by atoms with Crippen LogP contribution < -0.4 is 9.62 Å². The molecule has 0 aliphatic rings. The molecule has 140 valence electrons. The van der Waals surface area contributed by atoms with E-state index in [1.54, 1.807) is 18.2 Å². The monoisotopic (exact) mass is 378 g/mol. The number of sulfonamides is 1. The van der Waals surface area contributed by atoms with Crippen molar-refractivity contribution >= 4 is 21.6 Å². The summed E-state index contributed by atoms with van der Waals surface area (Å²) in [6.45, 7) is 3.35. The van der Waals surface area contributed by atoms with Crippen LogP contribution in [-0.2, 0) is 14.8 Å². The predicted molar refractivity (Wildman–Crippen MR) is 99.9 cm³/mol. The molecule has 0 heterocycles. The molecule has 2 aromatic rings. The third-order valence-corrected chi connectivity index (χ3v) is 5.64. The van der Waals surface area contributed by atoms with Crippen molar-refractivity contribution in [1.29, 1.82) is 0 Å². The van der Waals surface area contributed by atoms with Crippen LogP contribution in [0.1, 0.15) is 26.7 Å². The van der Waals surface area contributed by atoms with E-state index < -0.39 is 28.3 Å². The minimum atomic E-state index is -4.09. The van der Waals surface area contributed by atoms with Crippen LogP contribution in [0, 0.1) is 5.82 Å². The minimum absolute atomic E-state index is 0.00217.